The summed E-state index contributed by atoms with van der Waals surface area (Å²) in [5, 5.41) is 15.8. The van der Waals surface area contributed by atoms with Crippen molar-refractivity contribution in [3.8, 4) is 0 Å². The van der Waals surface area contributed by atoms with Gasteiger partial charge in [0, 0.05) is 19.8 Å². The molecular formula is C9H10Cl2N4O2. The summed E-state index contributed by atoms with van der Waals surface area (Å²) >= 11 is 11.1. The van der Waals surface area contributed by atoms with Crippen LogP contribution in [0, 0.1) is 10.1 Å². The van der Waals surface area contributed by atoms with Gasteiger partial charge in [0.05, 0.1) is 4.92 Å². The number of halogens is 2. The molecule has 2 N–H and O–H groups in total. The molecule has 0 saturated carbocycles. The van der Waals surface area contributed by atoms with E-state index in [2.05, 4.69) is 15.6 Å². The van der Waals surface area contributed by atoms with E-state index in [0.29, 0.717) is 11.7 Å². The molecule has 0 fully saturated rings. The van der Waals surface area contributed by atoms with Crippen LogP contribution in [0.5, 0.6) is 0 Å². The number of rotatable bonds is 5. The van der Waals surface area contributed by atoms with Crippen molar-refractivity contribution in [2.45, 2.75) is 6.54 Å². The van der Waals surface area contributed by atoms with Crippen molar-refractivity contribution in [3.63, 3.8) is 0 Å². The zero-order valence-corrected chi connectivity index (χ0v) is 10.4. The Morgan fingerprint density at radius 3 is 2.76 bits per heavy atom. The lowest BCUT2D eigenvalue weighted by atomic mass is 10.3. The molecule has 0 atom stereocenters. The molecule has 0 amide bonds. The molecule has 0 aromatic carbocycles. The van der Waals surface area contributed by atoms with Crippen LogP contribution in [0.3, 0.4) is 0 Å². The van der Waals surface area contributed by atoms with Crippen molar-refractivity contribution in [2.24, 2.45) is 0 Å². The minimum Gasteiger partial charge on any atom is -0.368 e. The lowest BCUT2D eigenvalue weighted by Gasteiger charge is -2.08. The van der Waals surface area contributed by atoms with E-state index in [1.807, 2.05) is 0 Å². The summed E-state index contributed by atoms with van der Waals surface area (Å²) in [6.07, 6.45) is 1.57. The van der Waals surface area contributed by atoms with Crippen LogP contribution in [0.25, 0.3) is 0 Å². The second kappa shape index (κ2) is 6.27. The van der Waals surface area contributed by atoms with Gasteiger partial charge >= 0.3 is 5.16 Å². The summed E-state index contributed by atoms with van der Waals surface area (Å²) < 4.78 is 0. The third-order valence-electron chi connectivity index (χ3n) is 1.87. The van der Waals surface area contributed by atoms with Crippen LogP contribution in [0.2, 0.25) is 5.15 Å². The van der Waals surface area contributed by atoms with E-state index in [0.717, 1.165) is 5.56 Å². The van der Waals surface area contributed by atoms with Gasteiger partial charge in [-0.15, -0.1) is 0 Å². The van der Waals surface area contributed by atoms with Crippen LogP contribution in [-0.4, -0.2) is 17.0 Å². The Hall–Kier alpha value is -1.53. The molecule has 0 bridgehead atoms. The highest BCUT2D eigenvalue weighted by Crippen LogP contribution is 2.08. The number of nitrogens with zero attached hydrogens (tertiary/aromatic N) is 2. The molecule has 0 aliphatic carbocycles. The molecule has 1 rings (SSSR count). The largest absolute Gasteiger partial charge is 0.377 e. The van der Waals surface area contributed by atoms with Crippen molar-refractivity contribution in [2.75, 3.05) is 7.05 Å². The molecule has 0 unspecified atom stereocenters. The van der Waals surface area contributed by atoms with Crippen molar-refractivity contribution in [1.82, 2.24) is 15.6 Å². The third-order valence-corrected chi connectivity index (χ3v) is 2.43. The second-order valence-electron chi connectivity index (χ2n) is 3.02. The van der Waals surface area contributed by atoms with E-state index >= 15 is 0 Å². The minimum absolute atomic E-state index is 0.145. The highest BCUT2D eigenvalue weighted by atomic mass is 35.5. The molecule has 6 nitrogen and oxygen atoms in total. The molecular weight excluding hydrogens is 267 g/mol. The Kier molecular flexibility index (Phi) is 4.99. The lowest BCUT2D eigenvalue weighted by Crippen LogP contribution is -2.25. The van der Waals surface area contributed by atoms with Crippen molar-refractivity contribution >= 4 is 23.2 Å². The zero-order valence-electron chi connectivity index (χ0n) is 8.91. The minimum atomic E-state index is -0.680. The molecule has 92 valence electrons. The van der Waals surface area contributed by atoms with Gasteiger partial charge in [-0.05, 0) is 23.2 Å². The standard InChI is InChI=1S/C9H10Cl2N4O2/c1-12-9(8(11)15(16)17)14-5-6-2-3-7(10)13-4-6/h2-4,12,14H,5H2,1H3. The van der Waals surface area contributed by atoms with E-state index in [9.17, 15) is 10.1 Å². The Balaban J connectivity index is 2.69. The van der Waals surface area contributed by atoms with Gasteiger partial charge in [0.2, 0.25) is 0 Å². The van der Waals surface area contributed by atoms with Gasteiger partial charge in [-0.2, -0.15) is 0 Å². The number of pyridine rings is 1. The average molecular weight is 277 g/mol. The van der Waals surface area contributed by atoms with Gasteiger partial charge in [-0.3, -0.25) is 10.1 Å². The fraction of sp³-hybridized carbons (Fsp3) is 0.222. The molecule has 0 spiro atoms. The van der Waals surface area contributed by atoms with Gasteiger partial charge in [-0.25, -0.2) is 4.98 Å². The molecule has 0 aliphatic heterocycles. The predicted octanol–water partition coefficient (Wildman–Crippen LogP) is 1.69. The Labute approximate surface area is 108 Å². The molecule has 1 heterocycles. The van der Waals surface area contributed by atoms with Crippen LogP contribution < -0.4 is 10.6 Å². The number of aromatic nitrogens is 1. The molecule has 0 radical (unpaired) electrons. The SMILES string of the molecule is CNC(NCc1ccc(Cl)nc1)=C(Cl)[N+](=O)[O-]. The zero-order chi connectivity index (χ0) is 12.8. The quantitative estimate of drug-likeness (QED) is 0.370. The van der Waals surface area contributed by atoms with Crippen LogP contribution in [0.4, 0.5) is 0 Å². The maximum absolute atomic E-state index is 10.5. The van der Waals surface area contributed by atoms with Crippen LogP contribution >= 0.6 is 23.2 Å². The van der Waals surface area contributed by atoms with Gasteiger partial charge in [-0.1, -0.05) is 17.7 Å². The summed E-state index contributed by atoms with van der Waals surface area (Å²) in [5.41, 5.74) is 0.829. The fourth-order valence-corrected chi connectivity index (χ4v) is 1.33. The summed E-state index contributed by atoms with van der Waals surface area (Å²) in [6.45, 7) is 0.352. The van der Waals surface area contributed by atoms with Crippen molar-refractivity contribution < 1.29 is 4.92 Å². The van der Waals surface area contributed by atoms with Gasteiger partial charge in [0.25, 0.3) is 0 Å². The summed E-state index contributed by atoms with van der Waals surface area (Å²) in [4.78, 5) is 13.7. The first-order valence-electron chi connectivity index (χ1n) is 4.60. The van der Waals surface area contributed by atoms with E-state index in [4.69, 9.17) is 23.2 Å². The van der Waals surface area contributed by atoms with Gasteiger partial charge in [0.15, 0.2) is 5.82 Å². The molecule has 1 aromatic rings. The van der Waals surface area contributed by atoms with E-state index in [1.54, 1.807) is 18.3 Å². The van der Waals surface area contributed by atoms with Gasteiger partial charge < -0.3 is 10.6 Å². The summed E-state index contributed by atoms with van der Waals surface area (Å²) in [6, 6.07) is 3.39. The number of hydrogen-bond donors (Lipinski definition) is 2. The normalized spacial score (nSPS) is 11.7. The Morgan fingerprint density at radius 2 is 2.29 bits per heavy atom. The average Bonchev–Trinajstić information content (AvgIpc) is 2.31. The highest BCUT2D eigenvalue weighted by Gasteiger charge is 2.13. The molecule has 8 heteroatoms. The van der Waals surface area contributed by atoms with Crippen molar-refractivity contribution in [1.29, 1.82) is 0 Å². The number of nitro groups is 1. The van der Waals surface area contributed by atoms with Gasteiger partial charge in [0.1, 0.15) is 5.15 Å². The smallest absolute Gasteiger partial charge is 0.368 e. The van der Waals surface area contributed by atoms with Crippen LogP contribution in [0.1, 0.15) is 5.56 Å². The Bertz CT molecular complexity index is 433. The maximum Gasteiger partial charge on any atom is 0.377 e. The topological polar surface area (TPSA) is 80.1 Å². The monoisotopic (exact) mass is 276 g/mol. The van der Waals surface area contributed by atoms with E-state index in [1.165, 1.54) is 7.05 Å². The first-order chi connectivity index (χ1) is 8.04. The van der Waals surface area contributed by atoms with E-state index in [-0.39, 0.29) is 5.82 Å². The summed E-state index contributed by atoms with van der Waals surface area (Å²) in [5.74, 6) is 0.145. The molecule has 17 heavy (non-hydrogen) atoms. The van der Waals surface area contributed by atoms with Crippen LogP contribution in [-0.2, 0) is 6.54 Å². The highest BCUT2D eigenvalue weighted by molar-refractivity contribution is 6.29. The molecule has 0 aliphatic rings. The summed E-state index contributed by atoms with van der Waals surface area (Å²) in [7, 11) is 1.54. The lowest BCUT2D eigenvalue weighted by molar-refractivity contribution is -0.414. The first-order valence-corrected chi connectivity index (χ1v) is 5.36. The molecule has 0 saturated heterocycles. The maximum atomic E-state index is 10.5. The fourth-order valence-electron chi connectivity index (χ4n) is 1.06. The van der Waals surface area contributed by atoms with Crippen LogP contribution in [0.15, 0.2) is 29.3 Å². The second-order valence-corrected chi connectivity index (χ2v) is 3.76. The first kappa shape index (κ1) is 13.5. The molecule has 1 aromatic heterocycles. The number of nitrogens with one attached hydrogen (secondary N) is 2. The van der Waals surface area contributed by atoms with E-state index < -0.39 is 10.1 Å². The Morgan fingerprint density at radius 1 is 1.59 bits per heavy atom. The predicted molar refractivity (Wildman–Crippen MR) is 65.0 cm³/mol. The third kappa shape index (κ3) is 4.08. The van der Waals surface area contributed by atoms with Crippen molar-refractivity contribution in [3.05, 3.63) is 50.1 Å². The number of hydrogen-bond acceptors (Lipinski definition) is 5.